The summed E-state index contributed by atoms with van der Waals surface area (Å²) in [6, 6.07) is 5.93. The third-order valence-electron chi connectivity index (χ3n) is 5.55. The molecule has 2 aliphatic heterocycles. The summed E-state index contributed by atoms with van der Waals surface area (Å²) in [6.07, 6.45) is 5.27. The molecule has 0 aliphatic carbocycles. The van der Waals surface area contributed by atoms with E-state index in [9.17, 15) is 0 Å². The average molecular weight is 392 g/mol. The Morgan fingerprint density at radius 2 is 1.96 bits per heavy atom. The molecule has 0 radical (unpaired) electrons. The first-order valence-electron chi connectivity index (χ1n) is 9.72. The molecule has 0 spiro atoms. The second-order valence-electron chi connectivity index (χ2n) is 7.30. The molecule has 0 N–H and O–H groups in total. The van der Waals surface area contributed by atoms with Gasteiger partial charge < -0.3 is 13.9 Å². The number of methoxy groups -OCH3 is 1. The topological polar surface area (TPSA) is 60.6 Å². The van der Waals surface area contributed by atoms with Crippen LogP contribution in [0.4, 0.5) is 0 Å². The van der Waals surface area contributed by atoms with Gasteiger partial charge >= 0.3 is 0 Å². The predicted molar refractivity (Wildman–Crippen MR) is 102 cm³/mol. The Balaban J connectivity index is 1.52. The van der Waals surface area contributed by atoms with Crippen LogP contribution in [0.15, 0.2) is 22.6 Å². The van der Waals surface area contributed by atoms with E-state index in [1.54, 1.807) is 7.11 Å². The SMILES string of the molecule is COc1ccc(Cl)c(CN2CCCC[C@@H]2c2nnc(C3CCOCC3)o2)c1. The van der Waals surface area contributed by atoms with Crippen LogP contribution in [-0.2, 0) is 11.3 Å². The lowest BCUT2D eigenvalue weighted by Crippen LogP contribution is -2.33. The largest absolute Gasteiger partial charge is 0.497 e. The van der Waals surface area contributed by atoms with Gasteiger partial charge in [-0.2, -0.15) is 0 Å². The lowest BCUT2D eigenvalue weighted by atomic mass is 10.0. The van der Waals surface area contributed by atoms with Gasteiger partial charge in [0.1, 0.15) is 5.75 Å². The summed E-state index contributed by atoms with van der Waals surface area (Å²) in [5.41, 5.74) is 1.06. The van der Waals surface area contributed by atoms with Gasteiger partial charge in [0.2, 0.25) is 11.8 Å². The number of halogens is 1. The second kappa shape index (κ2) is 8.59. The Hall–Kier alpha value is -1.63. The fraction of sp³-hybridized carbons (Fsp3) is 0.600. The maximum Gasteiger partial charge on any atom is 0.233 e. The van der Waals surface area contributed by atoms with Crippen molar-refractivity contribution in [2.45, 2.75) is 50.6 Å². The molecule has 7 heteroatoms. The predicted octanol–water partition coefficient (Wildman–Crippen LogP) is 4.35. The lowest BCUT2D eigenvalue weighted by molar-refractivity contribution is 0.0768. The van der Waals surface area contributed by atoms with E-state index in [1.807, 2.05) is 18.2 Å². The van der Waals surface area contributed by atoms with Crippen LogP contribution in [0.2, 0.25) is 5.02 Å². The number of ether oxygens (including phenoxy) is 2. The number of hydrogen-bond acceptors (Lipinski definition) is 6. The highest BCUT2D eigenvalue weighted by molar-refractivity contribution is 6.31. The van der Waals surface area contributed by atoms with Crippen molar-refractivity contribution in [1.82, 2.24) is 15.1 Å². The third-order valence-corrected chi connectivity index (χ3v) is 5.92. The van der Waals surface area contributed by atoms with Crippen molar-refractivity contribution < 1.29 is 13.9 Å². The van der Waals surface area contributed by atoms with Crippen LogP contribution in [0.3, 0.4) is 0 Å². The van der Waals surface area contributed by atoms with Crippen molar-refractivity contribution in [3.8, 4) is 5.75 Å². The number of benzene rings is 1. The Morgan fingerprint density at radius 3 is 2.78 bits per heavy atom. The summed E-state index contributed by atoms with van der Waals surface area (Å²) in [7, 11) is 1.67. The summed E-state index contributed by atoms with van der Waals surface area (Å²) in [6.45, 7) is 3.28. The smallest absolute Gasteiger partial charge is 0.233 e. The molecule has 2 aromatic rings. The van der Waals surface area contributed by atoms with Crippen molar-refractivity contribution in [3.63, 3.8) is 0 Å². The molecule has 146 valence electrons. The fourth-order valence-electron chi connectivity index (χ4n) is 3.97. The highest BCUT2D eigenvalue weighted by Crippen LogP contribution is 2.35. The van der Waals surface area contributed by atoms with Gasteiger partial charge in [0, 0.05) is 30.7 Å². The summed E-state index contributed by atoms with van der Waals surface area (Å²) >= 11 is 6.43. The second-order valence-corrected chi connectivity index (χ2v) is 7.71. The van der Waals surface area contributed by atoms with Gasteiger partial charge in [-0.25, -0.2) is 0 Å². The van der Waals surface area contributed by atoms with Crippen LogP contribution in [0.25, 0.3) is 0 Å². The molecule has 2 aliphatic rings. The summed E-state index contributed by atoms with van der Waals surface area (Å²) in [4.78, 5) is 2.39. The molecule has 0 amide bonds. The zero-order chi connectivity index (χ0) is 18.6. The summed E-state index contributed by atoms with van der Waals surface area (Å²) < 4.78 is 16.9. The van der Waals surface area contributed by atoms with Gasteiger partial charge in [-0.05, 0) is 56.0 Å². The molecule has 0 bridgehead atoms. The molecule has 1 aromatic heterocycles. The zero-order valence-electron chi connectivity index (χ0n) is 15.7. The standard InChI is InChI=1S/C20H26ClN3O3/c1-25-16-5-6-17(21)15(12-16)13-24-9-3-2-4-18(24)20-23-22-19(27-20)14-7-10-26-11-8-14/h5-6,12,14,18H,2-4,7-11,13H2,1H3/t18-/m1/s1. The fourth-order valence-corrected chi connectivity index (χ4v) is 4.15. The number of aromatic nitrogens is 2. The monoisotopic (exact) mass is 391 g/mol. The first kappa shape index (κ1) is 18.7. The average Bonchev–Trinajstić information content (AvgIpc) is 3.21. The van der Waals surface area contributed by atoms with Crippen LogP contribution < -0.4 is 4.74 Å². The van der Waals surface area contributed by atoms with Crippen molar-refractivity contribution in [3.05, 3.63) is 40.6 Å². The molecule has 4 rings (SSSR count). The van der Waals surface area contributed by atoms with Crippen LogP contribution in [-0.4, -0.2) is 42.0 Å². The van der Waals surface area contributed by atoms with E-state index in [0.29, 0.717) is 5.92 Å². The molecule has 3 heterocycles. The van der Waals surface area contributed by atoms with E-state index in [1.165, 1.54) is 12.8 Å². The highest BCUT2D eigenvalue weighted by Gasteiger charge is 2.30. The van der Waals surface area contributed by atoms with Gasteiger partial charge in [-0.3, -0.25) is 4.90 Å². The van der Waals surface area contributed by atoms with Gasteiger partial charge in [0.25, 0.3) is 0 Å². The van der Waals surface area contributed by atoms with Crippen molar-refractivity contribution in [1.29, 1.82) is 0 Å². The van der Waals surface area contributed by atoms with E-state index < -0.39 is 0 Å². The molecule has 0 saturated carbocycles. The molecule has 1 aromatic carbocycles. The Morgan fingerprint density at radius 1 is 1.15 bits per heavy atom. The summed E-state index contributed by atoms with van der Waals surface area (Å²) in [5, 5.41) is 9.52. The first-order chi connectivity index (χ1) is 13.2. The van der Waals surface area contributed by atoms with Crippen molar-refractivity contribution >= 4 is 11.6 Å². The van der Waals surface area contributed by atoms with E-state index in [2.05, 4.69) is 15.1 Å². The minimum absolute atomic E-state index is 0.141. The Labute approximate surface area is 164 Å². The zero-order valence-corrected chi connectivity index (χ0v) is 16.5. The van der Waals surface area contributed by atoms with Gasteiger partial charge in [0.05, 0.1) is 13.2 Å². The minimum Gasteiger partial charge on any atom is -0.497 e. The number of hydrogen-bond donors (Lipinski definition) is 0. The molecule has 27 heavy (non-hydrogen) atoms. The van der Waals surface area contributed by atoms with Crippen LogP contribution >= 0.6 is 11.6 Å². The third kappa shape index (κ3) is 4.28. The molecule has 0 unspecified atom stereocenters. The van der Waals surface area contributed by atoms with E-state index in [4.69, 9.17) is 25.5 Å². The van der Waals surface area contributed by atoms with Crippen LogP contribution in [0.5, 0.6) is 5.75 Å². The summed E-state index contributed by atoms with van der Waals surface area (Å²) in [5.74, 6) is 2.64. The van der Waals surface area contributed by atoms with Crippen molar-refractivity contribution in [2.24, 2.45) is 0 Å². The minimum atomic E-state index is 0.141. The lowest BCUT2D eigenvalue weighted by Gasteiger charge is -2.33. The first-order valence-corrected chi connectivity index (χ1v) is 10.1. The quantitative estimate of drug-likeness (QED) is 0.755. The maximum absolute atomic E-state index is 6.43. The molecule has 2 saturated heterocycles. The van der Waals surface area contributed by atoms with Gasteiger partial charge in [-0.15, -0.1) is 10.2 Å². The van der Waals surface area contributed by atoms with Crippen molar-refractivity contribution in [2.75, 3.05) is 26.9 Å². The van der Waals surface area contributed by atoms with Gasteiger partial charge in [0.15, 0.2) is 0 Å². The number of likely N-dealkylation sites (tertiary alicyclic amines) is 1. The van der Waals surface area contributed by atoms with Crippen LogP contribution in [0.1, 0.15) is 61.4 Å². The van der Waals surface area contributed by atoms with Gasteiger partial charge in [-0.1, -0.05) is 18.0 Å². The Kier molecular flexibility index (Phi) is 5.95. The van der Waals surface area contributed by atoms with E-state index >= 15 is 0 Å². The van der Waals surface area contributed by atoms with Crippen LogP contribution in [0, 0.1) is 0 Å². The molecule has 1 atom stereocenters. The highest BCUT2D eigenvalue weighted by atomic mass is 35.5. The number of piperidine rings is 1. The number of nitrogens with zero attached hydrogens (tertiary/aromatic N) is 3. The molecule has 6 nitrogen and oxygen atoms in total. The maximum atomic E-state index is 6.43. The molecular weight excluding hydrogens is 366 g/mol. The molecule has 2 fully saturated rings. The van der Waals surface area contributed by atoms with E-state index in [-0.39, 0.29) is 6.04 Å². The molecular formula is C20H26ClN3O3. The number of rotatable bonds is 5. The normalized spacial score (nSPS) is 22.1. The van der Waals surface area contributed by atoms with E-state index in [0.717, 1.165) is 73.7 Å². The Bertz CT molecular complexity index is 761.